The summed E-state index contributed by atoms with van der Waals surface area (Å²) in [6.45, 7) is 0.302. The van der Waals surface area contributed by atoms with Gasteiger partial charge in [0.05, 0.1) is 33.0 Å². The minimum atomic E-state index is -1.67. The molecule has 0 saturated heterocycles. The molecule has 0 aromatic rings. The average Bonchev–Trinajstić information content (AvgIpc) is 2.53. The van der Waals surface area contributed by atoms with Crippen LogP contribution in [-0.4, -0.2) is 128 Å². The molecular formula is C12H29NO9. The molecule has 0 heterocycles. The van der Waals surface area contributed by atoms with Gasteiger partial charge >= 0.3 is 0 Å². The van der Waals surface area contributed by atoms with Crippen molar-refractivity contribution in [3.63, 3.8) is 0 Å². The molecule has 10 nitrogen and oxygen atoms in total. The third kappa shape index (κ3) is 11.2. The van der Waals surface area contributed by atoms with Crippen LogP contribution >= 0.6 is 0 Å². The Bertz CT molecular complexity index is 206. The van der Waals surface area contributed by atoms with Gasteiger partial charge in [0.25, 0.3) is 0 Å². The largest absolute Gasteiger partial charge is 0.395 e. The molecule has 0 aliphatic carbocycles. The van der Waals surface area contributed by atoms with E-state index in [9.17, 15) is 0 Å². The van der Waals surface area contributed by atoms with Crippen LogP contribution in [0.2, 0.25) is 0 Å². The van der Waals surface area contributed by atoms with E-state index in [1.165, 1.54) is 0 Å². The van der Waals surface area contributed by atoms with Crippen LogP contribution in [0.25, 0.3) is 0 Å². The van der Waals surface area contributed by atoms with Crippen molar-refractivity contribution in [2.75, 3.05) is 52.7 Å². The summed E-state index contributed by atoms with van der Waals surface area (Å²) < 4.78 is 0. The first-order valence-electron chi connectivity index (χ1n) is 6.88. The molecule has 4 atom stereocenters. The van der Waals surface area contributed by atoms with Crippen LogP contribution in [0, 0.1) is 0 Å². The molecule has 136 valence electrons. The van der Waals surface area contributed by atoms with Crippen LogP contribution in [0.15, 0.2) is 0 Å². The van der Waals surface area contributed by atoms with E-state index in [1.807, 2.05) is 0 Å². The quantitative estimate of drug-likeness (QED) is 0.177. The summed E-state index contributed by atoms with van der Waals surface area (Å²) in [6, 6.07) is 0. The molecule has 0 radical (unpaired) electrons. The van der Waals surface area contributed by atoms with E-state index in [2.05, 4.69) is 0 Å². The fourth-order valence-electron chi connectivity index (χ4n) is 1.43. The molecule has 10 heteroatoms. The monoisotopic (exact) mass is 331 g/mol. The summed E-state index contributed by atoms with van der Waals surface area (Å²) in [4.78, 5) is 1.79. The summed E-state index contributed by atoms with van der Waals surface area (Å²) in [7, 11) is 0. The zero-order chi connectivity index (χ0) is 17.5. The Balaban J connectivity index is 0. The minimum Gasteiger partial charge on any atom is -0.395 e. The summed E-state index contributed by atoms with van der Waals surface area (Å²) in [6.07, 6.45) is -6.39. The number of hydrogen-bond donors (Lipinski definition) is 9. The van der Waals surface area contributed by atoms with Crippen LogP contribution < -0.4 is 0 Å². The molecule has 0 spiro atoms. The molecule has 0 amide bonds. The van der Waals surface area contributed by atoms with E-state index >= 15 is 0 Å². The van der Waals surface area contributed by atoms with Crippen molar-refractivity contribution in [3.05, 3.63) is 0 Å². The lowest BCUT2D eigenvalue weighted by Crippen LogP contribution is -2.46. The highest BCUT2D eigenvalue weighted by molar-refractivity contribution is 4.79. The highest BCUT2D eigenvalue weighted by atomic mass is 16.4. The van der Waals surface area contributed by atoms with Gasteiger partial charge in [-0.05, 0) is 0 Å². The normalized spacial score (nSPS) is 16.6. The number of hydrogen-bond acceptors (Lipinski definition) is 10. The van der Waals surface area contributed by atoms with Crippen LogP contribution in [-0.2, 0) is 0 Å². The SMILES string of the molecule is OCC(O)C(O)C(O)C(O)CO.OCCN(CCO)CCO. The van der Waals surface area contributed by atoms with E-state index in [0.29, 0.717) is 19.6 Å². The Morgan fingerprint density at radius 2 is 0.818 bits per heavy atom. The van der Waals surface area contributed by atoms with Gasteiger partial charge < -0.3 is 46.0 Å². The maximum absolute atomic E-state index is 8.96. The molecule has 4 unspecified atom stereocenters. The van der Waals surface area contributed by atoms with Crippen LogP contribution in [0.3, 0.4) is 0 Å². The molecule has 0 saturated carbocycles. The van der Waals surface area contributed by atoms with Gasteiger partial charge in [0.1, 0.15) is 24.4 Å². The van der Waals surface area contributed by atoms with Crippen LogP contribution in [0.5, 0.6) is 0 Å². The summed E-state index contributed by atoms with van der Waals surface area (Å²) in [5, 5.41) is 77.6. The van der Waals surface area contributed by atoms with Gasteiger partial charge in [0, 0.05) is 19.6 Å². The van der Waals surface area contributed by atoms with Crippen molar-refractivity contribution < 1.29 is 46.0 Å². The Labute approximate surface area is 129 Å². The fraction of sp³-hybridized carbons (Fsp3) is 1.00. The third-order valence-electron chi connectivity index (χ3n) is 2.76. The van der Waals surface area contributed by atoms with Crippen molar-refractivity contribution >= 4 is 0 Å². The van der Waals surface area contributed by atoms with Gasteiger partial charge in [-0.2, -0.15) is 0 Å². The Hall–Kier alpha value is -0.400. The lowest BCUT2D eigenvalue weighted by Gasteiger charge is -2.24. The number of rotatable bonds is 11. The lowest BCUT2D eigenvalue weighted by molar-refractivity contribution is -0.123. The smallest absolute Gasteiger partial charge is 0.111 e. The van der Waals surface area contributed by atoms with E-state index in [0.717, 1.165) is 0 Å². The molecule has 0 aromatic carbocycles. The van der Waals surface area contributed by atoms with Crippen molar-refractivity contribution in [1.82, 2.24) is 4.90 Å². The second-order valence-corrected chi connectivity index (χ2v) is 4.49. The number of nitrogens with zero attached hydrogens (tertiary/aromatic N) is 1. The first-order chi connectivity index (χ1) is 10.4. The van der Waals surface area contributed by atoms with E-state index in [1.54, 1.807) is 4.90 Å². The van der Waals surface area contributed by atoms with Gasteiger partial charge in [-0.3, -0.25) is 4.90 Å². The minimum absolute atomic E-state index is 0.0694. The van der Waals surface area contributed by atoms with Gasteiger partial charge in [-0.15, -0.1) is 0 Å². The maximum Gasteiger partial charge on any atom is 0.111 e. The van der Waals surface area contributed by atoms with Gasteiger partial charge in [-0.1, -0.05) is 0 Å². The molecule has 0 bridgehead atoms. The van der Waals surface area contributed by atoms with E-state index < -0.39 is 37.6 Å². The fourth-order valence-corrected chi connectivity index (χ4v) is 1.43. The molecule has 0 aliphatic heterocycles. The average molecular weight is 331 g/mol. The van der Waals surface area contributed by atoms with Gasteiger partial charge in [0.2, 0.25) is 0 Å². The summed E-state index contributed by atoms with van der Waals surface area (Å²) in [5.74, 6) is 0. The second kappa shape index (κ2) is 15.5. The highest BCUT2D eigenvalue weighted by Crippen LogP contribution is 2.04. The third-order valence-corrected chi connectivity index (χ3v) is 2.76. The predicted molar refractivity (Wildman–Crippen MR) is 75.9 cm³/mol. The van der Waals surface area contributed by atoms with E-state index in [4.69, 9.17) is 46.0 Å². The highest BCUT2D eigenvalue weighted by Gasteiger charge is 2.29. The number of aliphatic hydroxyl groups excluding tert-OH is 9. The first-order valence-corrected chi connectivity index (χ1v) is 6.88. The summed E-state index contributed by atoms with van der Waals surface area (Å²) in [5.41, 5.74) is 0. The zero-order valence-electron chi connectivity index (χ0n) is 12.4. The predicted octanol–water partition coefficient (Wildman–Crippen LogP) is -5.32. The molecule has 0 aromatic heterocycles. The topological polar surface area (TPSA) is 185 Å². The standard InChI is InChI=1S/C6H15NO3.C6H14O6/c8-4-1-7(2-5-9)3-6-10;7-1-3(9)5(11)6(12)4(10)2-8/h8-10H,1-6H2;3-12H,1-2H2. The van der Waals surface area contributed by atoms with Crippen molar-refractivity contribution in [2.24, 2.45) is 0 Å². The molecule has 0 rings (SSSR count). The van der Waals surface area contributed by atoms with Crippen molar-refractivity contribution in [2.45, 2.75) is 24.4 Å². The summed E-state index contributed by atoms with van der Waals surface area (Å²) >= 11 is 0. The van der Waals surface area contributed by atoms with Crippen molar-refractivity contribution in [3.8, 4) is 0 Å². The van der Waals surface area contributed by atoms with Crippen LogP contribution in [0.1, 0.15) is 0 Å². The molecule has 22 heavy (non-hydrogen) atoms. The first kappa shape index (κ1) is 23.9. The van der Waals surface area contributed by atoms with Gasteiger partial charge in [0.15, 0.2) is 0 Å². The maximum atomic E-state index is 8.96. The van der Waals surface area contributed by atoms with E-state index in [-0.39, 0.29) is 19.8 Å². The molecule has 9 N–H and O–H groups in total. The van der Waals surface area contributed by atoms with Crippen LogP contribution in [0.4, 0.5) is 0 Å². The van der Waals surface area contributed by atoms with Gasteiger partial charge in [-0.25, -0.2) is 0 Å². The molecule has 0 aliphatic rings. The zero-order valence-corrected chi connectivity index (χ0v) is 12.4. The number of aliphatic hydroxyl groups is 9. The Kier molecular flexibility index (Phi) is 16.8. The Morgan fingerprint density at radius 1 is 0.545 bits per heavy atom. The lowest BCUT2D eigenvalue weighted by atomic mass is 10.0. The molecule has 0 fully saturated rings. The van der Waals surface area contributed by atoms with Crippen molar-refractivity contribution in [1.29, 1.82) is 0 Å². The Morgan fingerprint density at radius 3 is 1.00 bits per heavy atom. The molecular weight excluding hydrogens is 302 g/mol. The second-order valence-electron chi connectivity index (χ2n) is 4.49.